The van der Waals surface area contributed by atoms with E-state index in [0.717, 1.165) is 16.8 Å². The van der Waals surface area contributed by atoms with Gasteiger partial charge in [-0.25, -0.2) is 4.39 Å². The number of ether oxygens (including phenoxy) is 1. The number of nitrogens with zero attached hydrogens (tertiary/aromatic N) is 2. The van der Waals surface area contributed by atoms with E-state index in [1.54, 1.807) is 24.5 Å². The van der Waals surface area contributed by atoms with Gasteiger partial charge >= 0.3 is 0 Å². The summed E-state index contributed by atoms with van der Waals surface area (Å²) in [6.45, 7) is 0.855. The van der Waals surface area contributed by atoms with Crippen molar-refractivity contribution in [3.05, 3.63) is 102 Å². The van der Waals surface area contributed by atoms with Crippen LogP contribution in [-0.4, -0.2) is 17.8 Å². The van der Waals surface area contributed by atoms with E-state index in [-0.39, 0.29) is 11.9 Å². The summed E-state index contributed by atoms with van der Waals surface area (Å²) in [6.07, 6.45) is 3.50. The van der Waals surface area contributed by atoms with Gasteiger partial charge in [-0.15, -0.1) is 0 Å². The van der Waals surface area contributed by atoms with Crippen molar-refractivity contribution in [3.8, 4) is 0 Å². The number of rotatable bonds is 7. The van der Waals surface area contributed by atoms with Gasteiger partial charge in [-0.2, -0.15) is 0 Å². The van der Waals surface area contributed by atoms with Crippen LogP contribution in [0.3, 0.4) is 0 Å². The molecule has 0 unspecified atom stereocenters. The number of benzene rings is 2. The van der Waals surface area contributed by atoms with Crippen molar-refractivity contribution < 1.29 is 9.13 Å². The lowest BCUT2D eigenvalue weighted by molar-refractivity contribution is 0.108. The van der Waals surface area contributed by atoms with Gasteiger partial charge in [-0.05, 0) is 35.4 Å². The molecule has 0 N–H and O–H groups in total. The molecule has 3 nitrogen and oxygen atoms in total. The van der Waals surface area contributed by atoms with Gasteiger partial charge < -0.3 is 4.74 Å². The highest BCUT2D eigenvalue weighted by atomic mass is 19.1. The van der Waals surface area contributed by atoms with Crippen LogP contribution in [0.4, 0.5) is 4.39 Å². The minimum absolute atomic E-state index is 0.122. The summed E-state index contributed by atoms with van der Waals surface area (Å²) < 4.78 is 18.8. The van der Waals surface area contributed by atoms with Crippen molar-refractivity contribution in [1.29, 1.82) is 0 Å². The predicted molar refractivity (Wildman–Crippen MR) is 97.1 cm³/mol. The maximum absolute atomic E-state index is 13.0. The molecule has 126 valence electrons. The molecule has 0 bridgehead atoms. The summed E-state index contributed by atoms with van der Waals surface area (Å²) in [7, 11) is 0. The molecule has 0 aliphatic rings. The van der Waals surface area contributed by atoms with E-state index in [1.165, 1.54) is 12.1 Å². The van der Waals surface area contributed by atoms with Crippen molar-refractivity contribution in [1.82, 2.24) is 4.98 Å². The molecule has 3 rings (SSSR count). The summed E-state index contributed by atoms with van der Waals surface area (Å²) in [5.41, 5.74) is 2.82. The molecule has 3 aromatic rings. The van der Waals surface area contributed by atoms with E-state index in [9.17, 15) is 4.39 Å². The number of aromatic nitrogens is 1. The van der Waals surface area contributed by atoms with Gasteiger partial charge in [0.2, 0.25) is 0 Å². The molecule has 0 radical (unpaired) electrons. The fraction of sp³-hybridized carbons (Fsp3) is 0.143. The highest BCUT2D eigenvalue weighted by molar-refractivity contribution is 5.76. The quantitative estimate of drug-likeness (QED) is 0.592. The number of hydrogen-bond donors (Lipinski definition) is 0. The predicted octanol–water partition coefficient (Wildman–Crippen LogP) is 4.60. The van der Waals surface area contributed by atoms with Crippen LogP contribution in [0.1, 0.15) is 22.9 Å². The van der Waals surface area contributed by atoms with Crippen LogP contribution in [0.25, 0.3) is 0 Å². The van der Waals surface area contributed by atoms with E-state index >= 15 is 0 Å². The van der Waals surface area contributed by atoms with Gasteiger partial charge in [-0.3, -0.25) is 9.98 Å². The monoisotopic (exact) mass is 334 g/mol. The molecule has 4 heteroatoms. The molecular weight excluding hydrogens is 315 g/mol. The van der Waals surface area contributed by atoms with E-state index < -0.39 is 0 Å². The second-order valence-corrected chi connectivity index (χ2v) is 5.60. The van der Waals surface area contributed by atoms with Crippen LogP contribution < -0.4 is 0 Å². The third-order valence-electron chi connectivity index (χ3n) is 3.72. The summed E-state index contributed by atoms with van der Waals surface area (Å²) in [5, 5.41) is 0. The maximum Gasteiger partial charge on any atom is 0.123 e. The number of halogens is 1. The van der Waals surface area contributed by atoms with E-state index in [2.05, 4.69) is 9.98 Å². The molecule has 0 aliphatic heterocycles. The molecule has 0 spiro atoms. The average Bonchev–Trinajstić information content (AvgIpc) is 2.67. The first-order chi connectivity index (χ1) is 12.3. The van der Waals surface area contributed by atoms with Gasteiger partial charge in [0, 0.05) is 12.4 Å². The van der Waals surface area contributed by atoms with E-state index in [0.29, 0.717) is 13.2 Å². The van der Waals surface area contributed by atoms with Crippen LogP contribution in [0, 0.1) is 5.82 Å². The number of aliphatic imine (C=N–C) groups is 1. The molecule has 1 atom stereocenters. The van der Waals surface area contributed by atoms with Crippen molar-refractivity contribution in [3.63, 3.8) is 0 Å². The first-order valence-corrected chi connectivity index (χ1v) is 8.12. The molecule has 2 aromatic carbocycles. The molecule has 0 fully saturated rings. The van der Waals surface area contributed by atoms with Gasteiger partial charge in [0.1, 0.15) is 5.82 Å². The third-order valence-corrected chi connectivity index (χ3v) is 3.72. The second kappa shape index (κ2) is 8.85. The fourth-order valence-electron chi connectivity index (χ4n) is 2.39. The molecule has 0 saturated heterocycles. The second-order valence-electron chi connectivity index (χ2n) is 5.60. The SMILES string of the molecule is Fc1ccc(COC[C@H](N=Cc2ccccn2)c2ccccc2)cc1. The van der Waals surface area contributed by atoms with Gasteiger partial charge in [-0.1, -0.05) is 48.5 Å². The Kier molecular flexibility index (Phi) is 6.01. The minimum atomic E-state index is -0.245. The Hall–Kier alpha value is -2.85. The third kappa shape index (κ3) is 5.33. The number of hydrogen-bond acceptors (Lipinski definition) is 3. The fourth-order valence-corrected chi connectivity index (χ4v) is 2.39. The topological polar surface area (TPSA) is 34.5 Å². The van der Waals surface area contributed by atoms with Crippen molar-refractivity contribution in [2.24, 2.45) is 4.99 Å². The standard InChI is InChI=1S/C21H19FN2O/c22-19-11-9-17(10-12-19)15-25-16-21(18-6-2-1-3-7-18)24-14-20-8-4-5-13-23-20/h1-14,21H,15-16H2/t21-/m0/s1. The lowest BCUT2D eigenvalue weighted by Crippen LogP contribution is -2.07. The van der Waals surface area contributed by atoms with Crippen LogP contribution in [-0.2, 0) is 11.3 Å². The van der Waals surface area contributed by atoms with Gasteiger partial charge in [0.05, 0.1) is 24.9 Å². The van der Waals surface area contributed by atoms with Crippen LogP contribution in [0.5, 0.6) is 0 Å². The zero-order chi connectivity index (χ0) is 17.3. The Morgan fingerprint density at radius 3 is 2.44 bits per heavy atom. The van der Waals surface area contributed by atoms with Gasteiger partial charge in [0.25, 0.3) is 0 Å². The highest BCUT2D eigenvalue weighted by Gasteiger charge is 2.09. The normalized spacial score (nSPS) is 12.4. The van der Waals surface area contributed by atoms with Crippen molar-refractivity contribution in [2.75, 3.05) is 6.61 Å². The summed E-state index contributed by atoms with van der Waals surface area (Å²) in [6, 6.07) is 21.9. The van der Waals surface area contributed by atoms with Gasteiger partial charge in [0.15, 0.2) is 0 Å². The number of pyridine rings is 1. The smallest absolute Gasteiger partial charge is 0.123 e. The zero-order valence-electron chi connectivity index (χ0n) is 13.8. The minimum Gasteiger partial charge on any atom is -0.374 e. The van der Waals surface area contributed by atoms with Crippen LogP contribution in [0.2, 0.25) is 0 Å². The zero-order valence-corrected chi connectivity index (χ0v) is 13.8. The Morgan fingerprint density at radius 2 is 1.72 bits per heavy atom. The van der Waals surface area contributed by atoms with Crippen LogP contribution in [0.15, 0.2) is 84.0 Å². The molecule has 0 saturated carbocycles. The molecular formula is C21H19FN2O. The summed E-state index contributed by atoms with van der Waals surface area (Å²) in [4.78, 5) is 8.89. The van der Waals surface area contributed by atoms with Crippen molar-refractivity contribution in [2.45, 2.75) is 12.6 Å². The molecule has 0 amide bonds. The van der Waals surface area contributed by atoms with E-state index in [1.807, 2.05) is 48.5 Å². The lowest BCUT2D eigenvalue weighted by Gasteiger charge is -2.13. The average molecular weight is 334 g/mol. The lowest BCUT2D eigenvalue weighted by atomic mass is 10.1. The molecule has 25 heavy (non-hydrogen) atoms. The first kappa shape index (κ1) is 17.0. The summed E-state index contributed by atoms with van der Waals surface area (Å²) >= 11 is 0. The van der Waals surface area contributed by atoms with Crippen LogP contribution >= 0.6 is 0 Å². The molecule has 1 heterocycles. The summed E-state index contributed by atoms with van der Waals surface area (Å²) in [5.74, 6) is -0.245. The highest BCUT2D eigenvalue weighted by Crippen LogP contribution is 2.18. The Morgan fingerprint density at radius 1 is 0.960 bits per heavy atom. The maximum atomic E-state index is 13.0. The van der Waals surface area contributed by atoms with E-state index in [4.69, 9.17) is 4.74 Å². The Balaban J connectivity index is 1.66. The first-order valence-electron chi connectivity index (χ1n) is 8.12. The molecule has 1 aromatic heterocycles. The molecule has 0 aliphatic carbocycles. The Labute approximate surface area is 146 Å². The van der Waals surface area contributed by atoms with Crippen molar-refractivity contribution >= 4 is 6.21 Å². The Bertz CT molecular complexity index is 789. The largest absolute Gasteiger partial charge is 0.374 e.